The highest BCUT2D eigenvalue weighted by molar-refractivity contribution is 7.11. The zero-order valence-electron chi connectivity index (χ0n) is 16.0. The molecule has 3 aromatic rings. The van der Waals surface area contributed by atoms with E-state index in [2.05, 4.69) is 63.5 Å². The van der Waals surface area contributed by atoms with Gasteiger partial charge in [0, 0.05) is 24.4 Å². The molecule has 0 spiro atoms. The van der Waals surface area contributed by atoms with E-state index in [-0.39, 0.29) is 0 Å². The van der Waals surface area contributed by atoms with Crippen LogP contribution >= 0.6 is 11.3 Å². The van der Waals surface area contributed by atoms with Crippen molar-refractivity contribution in [1.82, 2.24) is 25.6 Å². The Morgan fingerprint density at radius 2 is 2.00 bits per heavy atom. The van der Waals surface area contributed by atoms with Crippen LogP contribution in [0.25, 0.3) is 11.3 Å². The van der Waals surface area contributed by atoms with Crippen molar-refractivity contribution in [3.8, 4) is 11.3 Å². The summed E-state index contributed by atoms with van der Waals surface area (Å²) in [5, 5.41) is 7.80. The first-order valence-corrected chi connectivity index (χ1v) is 10.0. The Morgan fingerprint density at radius 1 is 1.19 bits per heavy atom. The van der Waals surface area contributed by atoms with Crippen LogP contribution in [0.5, 0.6) is 0 Å². The van der Waals surface area contributed by atoms with Crippen LogP contribution in [0.1, 0.15) is 28.3 Å². The van der Waals surface area contributed by atoms with Gasteiger partial charge in [-0.25, -0.2) is 15.0 Å². The minimum absolute atomic E-state index is 0.498. The zero-order chi connectivity index (χ0) is 19.1. The van der Waals surface area contributed by atoms with Crippen LogP contribution in [0.4, 0.5) is 0 Å². The molecule has 2 aromatic heterocycles. The second-order valence-electron chi connectivity index (χ2n) is 6.23. The number of benzene rings is 1. The van der Waals surface area contributed by atoms with Crippen molar-refractivity contribution in [2.45, 2.75) is 33.7 Å². The Labute approximate surface area is 164 Å². The van der Waals surface area contributed by atoms with Gasteiger partial charge in [-0.05, 0) is 26.3 Å². The van der Waals surface area contributed by atoms with Gasteiger partial charge in [-0.1, -0.05) is 30.3 Å². The average molecular weight is 383 g/mol. The first-order valence-electron chi connectivity index (χ1n) is 9.20. The van der Waals surface area contributed by atoms with Crippen molar-refractivity contribution in [2.24, 2.45) is 4.99 Å². The summed E-state index contributed by atoms with van der Waals surface area (Å²) in [5.74, 6) is 1.64. The minimum atomic E-state index is 0.498. The van der Waals surface area contributed by atoms with Crippen LogP contribution < -0.4 is 10.6 Å². The predicted octanol–water partition coefficient (Wildman–Crippen LogP) is 3.45. The molecule has 0 atom stereocenters. The quantitative estimate of drug-likeness (QED) is 0.432. The molecule has 0 saturated carbocycles. The summed E-state index contributed by atoms with van der Waals surface area (Å²) in [6, 6.07) is 10.2. The number of hydrogen-bond donors (Lipinski definition) is 3. The maximum atomic E-state index is 4.63. The lowest BCUT2D eigenvalue weighted by Crippen LogP contribution is -2.38. The van der Waals surface area contributed by atoms with E-state index < -0.39 is 0 Å². The van der Waals surface area contributed by atoms with E-state index in [1.54, 1.807) is 11.3 Å². The Bertz CT molecular complexity index is 862. The normalized spacial score (nSPS) is 11.6. The molecule has 142 valence electrons. The summed E-state index contributed by atoms with van der Waals surface area (Å²) in [6.45, 7) is 8.34. The summed E-state index contributed by atoms with van der Waals surface area (Å²) < 4.78 is 0. The summed E-state index contributed by atoms with van der Waals surface area (Å²) in [6.07, 6.45) is 2.75. The van der Waals surface area contributed by atoms with Crippen LogP contribution in [0.15, 0.2) is 41.5 Å². The van der Waals surface area contributed by atoms with E-state index in [0.29, 0.717) is 6.54 Å². The molecule has 0 amide bonds. The van der Waals surface area contributed by atoms with Gasteiger partial charge in [-0.2, -0.15) is 0 Å². The second-order valence-corrected chi connectivity index (χ2v) is 7.52. The van der Waals surface area contributed by atoms with Crippen molar-refractivity contribution in [3.05, 3.63) is 57.9 Å². The average Bonchev–Trinajstić information content (AvgIpc) is 3.27. The van der Waals surface area contributed by atoms with Gasteiger partial charge in [-0.15, -0.1) is 11.3 Å². The third-order valence-corrected chi connectivity index (χ3v) is 5.28. The number of rotatable bonds is 7. The highest BCUT2D eigenvalue weighted by Gasteiger charge is 2.05. The molecule has 0 saturated heterocycles. The largest absolute Gasteiger partial charge is 0.357 e. The topological polar surface area (TPSA) is 78.0 Å². The molecule has 3 N–H and O–H groups in total. The maximum Gasteiger partial charge on any atom is 0.191 e. The number of guanidine groups is 1. The van der Waals surface area contributed by atoms with E-state index in [9.17, 15) is 0 Å². The molecule has 2 heterocycles. The fourth-order valence-corrected chi connectivity index (χ4v) is 3.57. The molecule has 1 aromatic carbocycles. The molecule has 0 unspecified atom stereocenters. The van der Waals surface area contributed by atoms with E-state index in [1.807, 2.05) is 24.4 Å². The van der Waals surface area contributed by atoms with Crippen molar-refractivity contribution < 1.29 is 0 Å². The molecule has 0 radical (unpaired) electrons. The lowest BCUT2D eigenvalue weighted by Gasteiger charge is -2.10. The molecule has 0 bridgehead atoms. The number of aliphatic imine (C=N–C) groups is 1. The minimum Gasteiger partial charge on any atom is -0.357 e. The first-order chi connectivity index (χ1) is 13.2. The Morgan fingerprint density at radius 3 is 2.70 bits per heavy atom. The van der Waals surface area contributed by atoms with Gasteiger partial charge in [-0.3, -0.25) is 0 Å². The van der Waals surface area contributed by atoms with Gasteiger partial charge in [0.05, 0.1) is 22.6 Å². The van der Waals surface area contributed by atoms with Crippen LogP contribution in [0.2, 0.25) is 0 Å². The number of nitrogens with zero attached hydrogens (tertiary/aromatic N) is 3. The molecular weight excluding hydrogens is 356 g/mol. The fraction of sp³-hybridized carbons (Fsp3) is 0.350. The molecule has 0 aliphatic heterocycles. The van der Waals surface area contributed by atoms with Crippen LogP contribution in [0.3, 0.4) is 0 Å². The van der Waals surface area contributed by atoms with Crippen LogP contribution in [-0.2, 0) is 13.0 Å². The zero-order valence-corrected chi connectivity index (χ0v) is 16.9. The smallest absolute Gasteiger partial charge is 0.191 e. The monoisotopic (exact) mass is 382 g/mol. The van der Waals surface area contributed by atoms with Crippen molar-refractivity contribution in [2.75, 3.05) is 13.1 Å². The number of aryl methyl sites for hydroxylation is 2. The molecular formula is C20H26N6S. The van der Waals surface area contributed by atoms with E-state index >= 15 is 0 Å². The number of imidazole rings is 1. The summed E-state index contributed by atoms with van der Waals surface area (Å²) >= 11 is 1.76. The van der Waals surface area contributed by atoms with E-state index in [1.165, 1.54) is 4.88 Å². The summed E-state index contributed by atoms with van der Waals surface area (Å²) in [4.78, 5) is 18.3. The summed E-state index contributed by atoms with van der Waals surface area (Å²) in [7, 11) is 0. The molecule has 0 aliphatic carbocycles. The van der Waals surface area contributed by atoms with Gasteiger partial charge in [0.25, 0.3) is 0 Å². The lowest BCUT2D eigenvalue weighted by atomic mass is 10.2. The molecule has 3 rings (SSSR count). The van der Waals surface area contributed by atoms with Gasteiger partial charge in [0.2, 0.25) is 0 Å². The molecule has 27 heavy (non-hydrogen) atoms. The number of thiazole rings is 1. The highest BCUT2D eigenvalue weighted by Crippen LogP contribution is 2.17. The van der Waals surface area contributed by atoms with E-state index in [0.717, 1.165) is 53.3 Å². The SMILES string of the molecule is CCNC(=NCc1ncc(-c2ccccc2)[nH]1)NCCc1nc(C)c(C)s1. The number of H-pyrrole nitrogens is 1. The van der Waals surface area contributed by atoms with Crippen molar-refractivity contribution >= 4 is 17.3 Å². The fourth-order valence-electron chi connectivity index (χ4n) is 2.64. The number of nitrogens with one attached hydrogen (secondary N) is 3. The molecule has 0 fully saturated rings. The lowest BCUT2D eigenvalue weighted by molar-refractivity contribution is 0.790. The third-order valence-electron chi connectivity index (χ3n) is 4.15. The molecule has 0 aliphatic rings. The maximum absolute atomic E-state index is 4.63. The van der Waals surface area contributed by atoms with Gasteiger partial charge < -0.3 is 15.6 Å². The Kier molecular flexibility index (Phi) is 6.59. The Balaban J connectivity index is 1.56. The van der Waals surface area contributed by atoms with Crippen molar-refractivity contribution in [1.29, 1.82) is 0 Å². The standard InChI is InChI=1S/C20H26N6S/c1-4-21-20(22-11-10-19-25-14(2)15(3)27-19)24-13-18-23-12-17(26-18)16-8-6-5-7-9-16/h5-9,12H,4,10-11,13H2,1-3H3,(H,23,26)(H2,21,22,24). The van der Waals surface area contributed by atoms with E-state index in [4.69, 9.17) is 0 Å². The van der Waals surface area contributed by atoms with Gasteiger partial charge >= 0.3 is 0 Å². The van der Waals surface area contributed by atoms with Crippen molar-refractivity contribution in [3.63, 3.8) is 0 Å². The first kappa shape index (κ1) is 19.1. The number of aromatic amines is 1. The van der Waals surface area contributed by atoms with Crippen LogP contribution in [-0.4, -0.2) is 34.0 Å². The number of hydrogen-bond acceptors (Lipinski definition) is 4. The van der Waals surface area contributed by atoms with Crippen LogP contribution in [0, 0.1) is 13.8 Å². The van der Waals surface area contributed by atoms with Gasteiger partial charge in [0.15, 0.2) is 5.96 Å². The third kappa shape index (κ3) is 5.40. The summed E-state index contributed by atoms with van der Waals surface area (Å²) in [5.41, 5.74) is 3.26. The second kappa shape index (κ2) is 9.32. The predicted molar refractivity (Wildman–Crippen MR) is 112 cm³/mol. The number of aromatic nitrogens is 3. The van der Waals surface area contributed by atoms with Gasteiger partial charge in [0.1, 0.15) is 12.4 Å². The molecule has 7 heteroatoms. The highest BCUT2D eigenvalue weighted by atomic mass is 32.1. The Hall–Kier alpha value is -2.67. The molecule has 6 nitrogen and oxygen atoms in total.